The molecule has 2 N–H and O–H groups in total. The van der Waals surface area contributed by atoms with Gasteiger partial charge in [0.25, 0.3) is 0 Å². The summed E-state index contributed by atoms with van der Waals surface area (Å²) >= 11 is 0. The molecule has 1 aromatic carbocycles. The Kier molecular flexibility index (Phi) is 3.66. The fraction of sp³-hybridized carbons (Fsp3) is 0.500. The molecule has 4 rings (SSSR count). The number of rotatable bonds is 3. The second-order valence-corrected chi connectivity index (χ2v) is 6.06. The Labute approximate surface area is 122 Å². The average Bonchev–Trinajstić information content (AvgIpc) is 2.49. The third kappa shape index (κ3) is 2.64. The van der Waals surface area contributed by atoms with Gasteiger partial charge in [-0.25, -0.2) is 4.39 Å². The molecule has 112 valence electrons. The van der Waals surface area contributed by atoms with Crippen molar-refractivity contribution in [3.63, 3.8) is 0 Å². The predicted octanol–water partition coefficient (Wildman–Crippen LogP) is 2.90. The van der Waals surface area contributed by atoms with E-state index in [-0.39, 0.29) is 23.6 Å². The van der Waals surface area contributed by atoms with Crippen LogP contribution in [0.15, 0.2) is 24.3 Å². The standard InChI is InChI=1S/C16H18FNO3/c17-11-5-7-12(8-6-11)18-15(19)13-9-1-3-10(4-2-9)14(13)16(20)21/h5-10,13-14H,1-4H2,(H,18,19)(H,20,21)/t9?,10?,13-,14+/m1/s1. The first-order chi connectivity index (χ1) is 10.1. The summed E-state index contributed by atoms with van der Waals surface area (Å²) in [5.41, 5.74) is 0.506. The maximum atomic E-state index is 12.9. The van der Waals surface area contributed by atoms with Gasteiger partial charge in [0.2, 0.25) is 5.91 Å². The molecule has 2 bridgehead atoms. The number of hydrogen-bond donors (Lipinski definition) is 2. The van der Waals surface area contributed by atoms with E-state index < -0.39 is 17.8 Å². The lowest BCUT2D eigenvalue weighted by atomic mass is 9.58. The summed E-state index contributed by atoms with van der Waals surface area (Å²) in [7, 11) is 0. The summed E-state index contributed by atoms with van der Waals surface area (Å²) in [5, 5.41) is 12.2. The molecule has 3 fully saturated rings. The molecule has 0 unspecified atom stereocenters. The van der Waals surface area contributed by atoms with Crippen LogP contribution >= 0.6 is 0 Å². The van der Waals surface area contributed by atoms with Crippen LogP contribution in [-0.2, 0) is 9.59 Å². The van der Waals surface area contributed by atoms with Crippen LogP contribution in [0.1, 0.15) is 25.7 Å². The summed E-state index contributed by atoms with van der Waals surface area (Å²) in [6.07, 6.45) is 3.66. The number of nitrogens with one attached hydrogen (secondary N) is 1. The molecule has 0 radical (unpaired) electrons. The SMILES string of the molecule is O=C(Nc1ccc(F)cc1)[C@@H]1C2CCC(CC2)[C@@H]1C(=O)O. The van der Waals surface area contributed by atoms with Crippen molar-refractivity contribution >= 4 is 17.6 Å². The lowest BCUT2D eigenvalue weighted by Crippen LogP contribution is -2.49. The molecule has 4 nitrogen and oxygen atoms in total. The quantitative estimate of drug-likeness (QED) is 0.900. The van der Waals surface area contributed by atoms with Crippen LogP contribution in [0.5, 0.6) is 0 Å². The van der Waals surface area contributed by atoms with E-state index in [4.69, 9.17) is 0 Å². The Bertz CT molecular complexity index is 549. The van der Waals surface area contributed by atoms with Gasteiger partial charge in [-0.15, -0.1) is 0 Å². The number of anilines is 1. The summed E-state index contributed by atoms with van der Waals surface area (Å²) < 4.78 is 12.9. The maximum absolute atomic E-state index is 12.9. The molecule has 0 aromatic heterocycles. The van der Waals surface area contributed by atoms with Gasteiger partial charge < -0.3 is 10.4 Å². The third-order valence-electron chi connectivity index (χ3n) is 4.92. The zero-order valence-corrected chi connectivity index (χ0v) is 11.6. The second kappa shape index (κ2) is 5.47. The Hall–Kier alpha value is -1.91. The molecule has 0 heterocycles. The smallest absolute Gasteiger partial charge is 0.307 e. The molecule has 2 atom stereocenters. The molecule has 21 heavy (non-hydrogen) atoms. The fourth-order valence-electron chi connectivity index (χ4n) is 3.94. The molecular weight excluding hydrogens is 273 g/mol. The van der Waals surface area contributed by atoms with Crippen molar-refractivity contribution in [3.8, 4) is 0 Å². The van der Waals surface area contributed by atoms with Crippen LogP contribution in [-0.4, -0.2) is 17.0 Å². The van der Waals surface area contributed by atoms with E-state index in [0.29, 0.717) is 5.69 Å². The highest BCUT2D eigenvalue weighted by Crippen LogP contribution is 2.49. The van der Waals surface area contributed by atoms with E-state index in [0.717, 1.165) is 25.7 Å². The fourth-order valence-corrected chi connectivity index (χ4v) is 3.94. The van der Waals surface area contributed by atoms with Gasteiger partial charge in [0, 0.05) is 5.69 Å². The Morgan fingerprint density at radius 1 is 1.00 bits per heavy atom. The number of carbonyl (C=O) groups is 2. The first-order valence-corrected chi connectivity index (χ1v) is 7.35. The van der Waals surface area contributed by atoms with Crippen LogP contribution in [0, 0.1) is 29.5 Å². The van der Waals surface area contributed by atoms with Gasteiger partial charge in [-0.2, -0.15) is 0 Å². The number of benzene rings is 1. The summed E-state index contributed by atoms with van der Waals surface area (Å²) in [6, 6.07) is 5.53. The van der Waals surface area contributed by atoms with E-state index >= 15 is 0 Å². The minimum Gasteiger partial charge on any atom is -0.481 e. The number of fused-ring (bicyclic) bond motifs is 3. The number of amides is 1. The molecule has 0 spiro atoms. The zero-order valence-electron chi connectivity index (χ0n) is 11.6. The molecule has 3 aliphatic rings. The van der Waals surface area contributed by atoms with Gasteiger partial charge in [-0.1, -0.05) is 0 Å². The number of carboxylic acid groups (broad SMARTS) is 1. The zero-order chi connectivity index (χ0) is 15.0. The third-order valence-corrected chi connectivity index (χ3v) is 4.92. The van der Waals surface area contributed by atoms with E-state index in [1.165, 1.54) is 24.3 Å². The number of carboxylic acids is 1. The molecule has 3 aliphatic carbocycles. The van der Waals surface area contributed by atoms with Crippen LogP contribution in [0.25, 0.3) is 0 Å². The number of hydrogen-bond acceptors (Lipinski definition) is 2. The van der Waals surface area contributed by atoms with Gasteiger partial charge in [0.05, 0.1) is 11.8 Å². The number of aliphatic carboxylic acids is 1. The predicted molar refractivity (Wildman–Crippen MR) is 75.1 cm³/mol. The van der Waals surface area contributed by atoms with Crippen molar-refractivity contribution in [2.45, 2.75) is 25.7 Å². The van der Waals surface area contributed by atoms with E-state index in [1.54, 1.807) is 0 Å². The molecule has 5 heteroatoms. The van der Waals surface area contributed by atoms with Crippen molar-refractivity contribution in [2.75, 3.05) is 5.32 Å². The topological polar surface area (TPSA) is 66.4 Å². The van der Waals surface area contributed by atoms with Crippen LogP contribution in [0.4, 0.5) is 10.1 Å². The molecular formula is C16H18FNO3. The highest BCUT2D eigenvalue weighted by molar-refractivity contribution is 5.95. The van der Waals surface area contributed by atoms with E-state index in [9.17, 15) is 19.1 Å². The van der Waals surface area contributed by atoms with Gasteiger partial charge in [0.15, 0.2) is 0 Å². The first-order valence-electron chi connectivity index (χ1n) is 7.35. The highest BCUT2D eigenvalue weighted by atomic mass is 19.1. The molecule has 0 aliphatic heterocycles. The Morgan fingerprint density at radius 2 is 1.52 bits per heavy atom. The minimum absolute atomic E-state index is 0.108. The molecule has 0 saturated heterocycles. The average molecular weight is 291 g/mol. The highest BCUT2D eigenvalue weighted by Gasteiger charge is 2.50. The van der Waals surface area contributed by atoms with Gasteiger partial charge in [-0.3, -0.25) is 9.59 Å². The second-order valence-electron chi connectivity index (χ2n) is 6.06. The van der Waals surface area contributed by atoms with Crippen molar-refractivity contribution in [1.29, 1.82) is 0 Å². The monoisotopic (exact) mass is 291 g/mol. The Morgan fingerprint density at radius 3 is 2.05 bits per heavy atom. The normalized spacial score (nSPS) is 30.9. The number of carbonyl (C=O) groups excluding carboxylic acids is 1. The lowest BCUT2D eigenvalue weighted by molar-refractivity contribution is -0.156. The van der Waals surface area contributed by atoms with Gasteiger partial charge in [-0.05, 0) is 61.8 Å². The maximum Gasteiger partial charge on any atom is 0.307 e. The van der Waals surface area contributed by atoms with Crippen LogP contribution in [0.2, 0.25) is 0 Å². The van der Waals surface area contributed by atoms with Crippen LogP contribution in [0.3, 0.4) is 0 Å². The molecule has 1 aromatic rings. The Balaban J connectivity index is 1.78. The lowest BCUT2D eigenvalue weighted by Gasteiger charge is -2.45. The first kappa shape index (κ1) is 14.0. The molecule has 3 saturated carbocycles. The van der Waals surface area contributed by atoms with Crippen molar-refractivity contribution < 1.29 is 19.1 Å². The van der Waals surface area contributed by atoms with Crippen molar-refractivity contribution in [3.05, 3.63) is 30.1 Å². The van der Waals surface area contributed by atoms with Gasteiger partial charge >= 0.3 is 5.97 Å². The van der Waals surface area contributed by atoms with Crippen molar-refractivity contribution in [1.82, 2.24) is 0 Å². The summed E-state index contributed by atoms with van der Waals surface area (Å²) in [5.74, 6) is -2.29. The summed E-state index contributed by atoms with van der Waals surface area (Å²) in [4.78, 5) is 24.0. The van der Waals surface area contributed by atoms with Crippen molar-refractivity contribution in [2.24, 2.45) is 23.7 Å². The summed E-state index contributed by atoms with van der Waals surface area (Å²) in [6.45, 7) is 0. The largest absolute Gasteiger partial charge is 0.481 e. The minimum atomic E-state index is -0.872. The van der Waals surface area contributed by atoms with Crippen LogP contribution < -0.4 is 5.32 Å². The molecule has 1 amide bonds. The number of halogens is 1. The van der Waals surface area contributed by atoms with E-state index in [2.05, 4.69) is 5.32 Å². The van der Waals surface area contributed by atoms with E-state index in [1.807, 2.05) is 0 Å². The van der Waals surface area contributed by atoms with Gasteiger partial charge in [0.1, 0.15) is 5.82 Å².